The quantitative estimate of drug-likeness (QED) is 0.0899. The Balaban J connectivity index is 0. The summed E-state index contributed by atoms with van der Waals surface area (Å²) in [5.74, 6) is -0.0113. The molecule has 3 N–H and O–H groups in total. The van der Waals surface area contributed by atoms with Crippen molar-refractivity contribution in [3.63, 3.8) is 0 Å². The summed E-state index contributed by atoms with van der Waals surface area (Å²) in [7, 11) is 3.52. The maximum Gasteiger partial charge on any atom is 0.304 e. The number of aliphatic carboxylic acids is 1. The number of carbonyl (C=O) groups is 2. The summed E-state index contributed by atoms with van der Waals surface area (Å²) in [6.07, 6.45) is 4.07. The van der Waals surface area contributed by atoms with E-state index in [-0.39, 0.29) is 23.5 Å². The third-order valence-corrected chi connectivity index (χ3v) is 6.64. The van der Waals surface area contributed by atoms with Gasteiger partial charge in [-0.3, -0.25) is 9.59 Å². The molecule has 0 saturated heterocycles. The van der Waals surface area contributed by atoms with Gasteiger partial charge in [-0.05, 0) is 53.8 Å². The van der Waals surface area contributed by atoms with Crippen molar-refractivity contribution in [1.82, 2.24) is 10.6 Å². The van der Waals surface area contributed by atoms with Gasteiger partial charge >= 0.3 is 5.97 Å². The molecular weight excluding hydrogens is 608 g/mol. The number of hydrogen-bond donors (Lipinski definition) is 3. The first-order chi connectivity index (χ1) is 21.5. The Morgan fingerprint density at radius 1 is 0.600 bits per heavy atom. The lowest BCUT2D eigenvalue weighted by Gasteiger charge is -2.29. The normalized spacial score (nSPS) is 11.7. The molecule has 0 rings (SSSR count). The van der Waals surface area contributed by atoms with Gasteiger partial charge in [0.05, 0.1) is 104 Å². The molecular formula is C31H64N2O11S. The number of amides is 1. The molecule has 0 unspecified atom stereocenters. The van der Waals surface area contributed by atoms with Crippen LogP contribution >= 0.6 is 11.8 Å². The van der Waals surface area contributed by atoms with E-state index in [1.165, 1.54) is 0 Å². The molecule has 0 bridgehead atoms. The number of hydrogen-bond acceptors (Lipinski definition) is 12. The lowest BCUT2D eigenvalue weighted by atomic mass is 10.0. The number of likely N-dealkylation sites (N-methyl/N-ethyl adjacent to an activating group) is 1. The van der Waals surface area contributed by atoms with Crippen molar-refractivity contribution in [2.75, 3.05) is 125 Å². The first kappa shape index (κ1) is 46.1. The van der Waals surface area contributed by atoms with Crippen LogP contribution in [0.5, 0.6) is 0 Å². The molecule has 0 aliphatic carbocycles. The Kier molecular flexibility index (Phi) is 33.6. The smallest absolute Gasteiger partial charge is 0.304 e. The van der Waals surface area contributed by atoms with Gasteiger partial charge in [0.2, 0.25) is 5.91 Å². The van der Waals surface area contributed by atoms with Crippen LogP contribution in [0.2, 0.25) is 0 Å². The standard InChI is InChI=1S/C27H56N2O9.C4H8O2S/c1-26(2,8-12-31-11-7-25(30)29-6)37-13-9-27(3,4)38-24-23-36-22-21-35-20-19-34-18-17-33-16-15-32-14-10-28-5;1-7-3-2-4(5)6/h28H,7-24H2,1-6H3,(H,29,30);2-3H2,1H3,(H,5,6). The molecule has 0 radical (unpaired) electrons. The lowest BCUT2D eigenvalue weighted by Crippen LogP contribution is -2.32. The van der Waals surface area contributed by atoms with Crippen LogP contribution in [0.15, 0.2) is 0 Å². The average Bonchev–Trinajstić information content (AvgIpc) is 2.99. The monoisotopic (exact) mass is 672 g/mol. The third kappa shape index (κ3) is 39.0. The zero-order valence-corrected chi connectivity index (χ0v) is 29.9. The Morgan fingerprint density at radius 3 is 1.44 bits per heavy atom. The molecule has 0 saturated carbocycles. The fourth-order valence-corrected chi connectivity index (χ4v) is 3.53. The molecule has 0 fully saturated rings. The molecule has 0 heterocycles. The van der Waals surface area contributed by atoms with E-state index in [1.54, 1.807) is 18.8 Å². The highest BCUT2D eigenvalue weighted by Crippen LogP contribution is 2.19. The molecule has 0 aromatic heterocycles. The molecule has 0 spiro atoms. The molecule has 0 aromatic carbocycles. The first-order valence-electron chi connectivity index (χ1n) is 15.8. The van der Waals surface area contributed by atoms with Gasteiger partial charge in [0.15, 0.2) is 0 Å². The summed E-state index contributed by atoms with van der Waals surface area (Å²) in [5, 5.41) is 13.6. The van der Waals surface area contributed by atoms with Gasteiger partial charge in [-0.1, -0.05) is 0 Å². The lowest BCUT2D eigenvalue weighted by molar-refractivity contribution is -0.136. The Hall–Kier alpha value is -1.07. The number of rotatable bonds is 32. The van der Waals surface area contributed by atoms with Crippen molar-refractivity contribution in [3.05, 3.63) is 0 Å². The minimum absolute atomic E-state index is 0.0153. The average molecular weight is 673 g/mol. The van der Waals surface area contributed by atoms with Crippen LogP contribution in [-0.2, 0) is 47.5 Å². The predicted molar refractivity (Wildman–Crippen MR) is 177 cm³/mol. The second kappa shape index (κ2) is 32.9. The van der Waals surface area contributed by atoms with Crippen LogP contribution in [-0.4, -0.2) is 153 Å². The van der Waals surface area contributed by atoms with Gasteiger partial charge in [-0.25, -0.2) is 0 Å². The SMILES string of the molecule is CNCCOCCOCCOCCOCCOCCOC(C)(C)CCOC(C)(C)CCOCCC(=O)NC.CSCCC(=O)O. The Bertz CT molecular complexity index is 673. The Labute approximate surface area is 276 Å². The second-order valence-corrected chi connectivity index (χ2v) is 12.0. The van der Waals surface area contributed by atoms with E-state index in [2.05, 4.69) is 24.5 Å². The number of carbonyl (C=O) groups excluding carboxylic acids is 1. The third-order valence-electron chi connectivity index (χ3n) is 6.02. The molecule has 1 amide bonds. The van der Waals surface area contributed by atoms with Crippen LogP contribution in [0.3, 0.4) is 0 Å². The van der Waals surface area contributed by atoms with Gasteiger partial charge in [0, 0.05) is 32.4 Å². The zero-order chi connectivity index (χ0) is 34.1. The van der Waals surface area contributed by atoms with Gasteiger partial charge < -0.3 is 53.6 Å². The van der Waals surface area contributed by atoms with Crippen molar-refractivity contribution >= 4 is 23.6 Å². The maximum atomic E-state index is 11.2. The van der Waals surface area contributed by atoms with Crippen molar-refractivity contribution in [3.8, 4) is 0 Å². The minimum atomic E-state index is -0.714. The fraction of sp³-hybridized carbons (Fsp3) is 0.935. The maximum absolute atomic E-state index is 11.2. The highest BCUT2D eigenvalue weighted by Gasteiger charge is 2.22. The number of thioether (sulfide) groups is 1. The van der Waals surface area contributed by atoms with E-state index in [1.807, 2.05) is 27.2 Å². The summed E-state index contributed by atoms with van der Waals surface area (Å²) in [6.45, 7) is 16.7. The van der Waals surface area contributed by atoms with Crippen molar-refractivity contribution in [1.29, 1.82) is 0 Å². The van der Waals surface area contributed by atoms with Crippen molar-refractivity contribution in [2.24, 2.45) is 0 Å². The number of carboxylic acid groups (broad SMARTS) is 1. The minimum Gasteiger partial charge on any atom is -0.481 e. The van der Waals surface area contributed by atoms with E-state index in [4.69, 9.17) is 43.0 Å². The molecule has 0 aromatic rings. The van der Waals surface area contributed by atoms with Crippen LogP contribution in [0.1, 0.15) is 53.4 Å². The highest BCUT2D eigenvalue weighted by molar-refractivity contribution is 7.98. The summed E-state index contributed by atoms with van der Waals surface area (Å²) < 4.78 is 44.9. The summed E-state index contributed by atoms with van der Waals surface area (Å²) in [5.41, 5.74) is -0.604. The zero-order valence-electron chi connectivity index (χ0n) is 29.1. The van der Waals surface area contributed by atoms with E-state index in [9.17, 15) is 9.59 Å². The molecule has 0 aliphatic rings. The van der Waals surface area contributed by atoms with Crippen molar-refractivity contribution < 1.29 is 52.6 Å². The van der Waals surface area contributed by atoms with Gasteiger partial charge in [-0.15, -0.1) is 0 Å². The van der Waals surface area contributed by atoms with Crippen LogP contribution in [0.25, 0.3) is 0 Å². The van der Waals surface area contributed by atoms with Gasteiger partial charge in [0.1, 0.15) is 0 Å². The molecule has 0 atom stereocenters. The van der Waals surface area contributed by atoms with Gasteiger partial charge in [0.25, 0.3) is 0 Å². The number of nitrogens with one attached hydrogen (secondary N) is 2. The summed E-state index contributed by atoms with van der Waals surface area (Å²) in [6, 6.07) is 0. The fourth-order valence-electron chi connectivity index (χ4n) is 3.15. The van der Waals surface area contributed by atoms with Crippen molar-refractivity contribution in [2.45, 2.75) is 64.6 Å². The molecule has 45 heavy (non-hydrogen) atoms. The number of carboxylic acids is 1. The molecule has 0 aliphatic heterocycles. The van der Waals surface area contributed by atoms with Crippen LogP contribution in [0.4, 0.5) is 0 Å². The van der Waals surface area contributed by atoms with E-state index >= 15 is 0 Å². The summed E-state index contributed by atoms with van der Waals surface area (Å²) in [4.78, 5) is 20.9. The largest absolute Gasteiger partial charge is 0.481 e. The van der Waals surface area contributed by atoms with Crippen LogP contribution < -0.4 is 10.6 Å². The Morgan fingerprint density at radius 2 is 1.02 bits per heavy atom. The van der Waals surface area contributed by atoms with E-state index < -0.39 is 5.97 Å². The molecule has 14 heteroatoms. The first-order valence-corrected chi connectivity index (χ1v) is 17.2. The van der Waals surface area contributed by atoms with E-state index in [0.717, 1.165) is 25.1 Å². The highest BCUT2D eigenvalue weighted by atomic mass is 32.2. The molecule has 270 valence electrons. The van der Waals surface area contributed by atoms with Crippen LogP contribution in [0, 0.1) is 0 Å². The number of ether oxygens (including phenoxy) is 8. The van der Waals surface area contributed by atoms with Gasteiger partial charge in [-0.2, -0.15) is 11.8 Å². The molecule has 13 nitrogen and oxygen atoms in total. The second-order valence-electron chi connectivity index (χ2n) is 11.1. The topological polar surface area (TPSA) is 152 Å². The predicted octanol–water partition coefficient (Wildman–Crippen LogP) is 2.64. The summed E-state index contributed by atoms with van der Waals surface area (Å²) >= 11 is 1.55. The van der Waals surface area contributed by atoms with E-state index in [0.29, 0.717) is 98.9 Å².